The lowest BCUT2D eigenvalue weighted by molar-refractivity contribution is 0.107. The summed E-state index contributed by atoms with van der Waals surface area (Å²) in [6, 6.07) is 0. The first-order valence-electron chi connectivity index (χ1n) is 8.05. The van der Waals surface area contributed by atoms with E-state index < -0.39 is 0 Å². The van der Waals surface area contributed by atoms with Gasteiger partial charge in [-0.3, -0.25) is 0 Å². The van der Waals surface area contributed by atoms with Crippen LogP contribution < -0.4 is 0 Å². The Kier molecular flexibility index (Phi) is 5.25. The van der Waals surface area contributed by atoms with E-state index in [0.717, 1.165) is 12.1 Å². The topological polar surface area (TPSA) is 50.9 Å². The van der Waals surface area contributed by atoms with E-state index in [1.54, 1.807) is 0 Å². The van der Waals surface area contributed by atoms with Crippen molar-refractivity contribution >= 4 is 0 Å². The first kappa shape index (κ1) is 18.1. The minimum Gasteiger partial charge on any atom is -0.396 e. The minimum atomic E-state index is -0.212. The highest BCUT2D eigenvalue weighted by molar-refractivity contribution is 5.15. The molecule has 1 heterocycles. The van der Waals surface area contributed by atoms with E-state index in [9.17, 15) is 5.11 Å². The second kappa shape index (κ2) is 6.07. The van der Waals surface area contributed by atoms with Gasteiger partial charge < -0.3 is 5.11 Å². The largest absolute Gasteiger partial charge is 0.396 e. The van der Waals surface area contributed by atoms with Crippen LogP contribution in [-0.2, 0) is 11.0 Å². The zero-order valence-electron chi connectivity index (χ0n) is 15.1. The number of hydrogen-bond acceptors (Lipinski definition) is 3. The molecule has 0 spiro atoms. The highest BCUT2D eigenvalue weighted by Crippen LogP contribution is 2.46. The van der Waals surface area contributed by atoms with Crippen LogP contribution in [0.15, 0.2) is 6.20 Å². The second-order valence-electron chi connectivity index (χ2n) is 7.99. The molecule has 1 N–H and O–H groups in total. The standard InChI is InChI=1S/C17H33N3O/c1-9-13(2)16(5,6)17(7,8)14-12-20(19-18-14)15(3,4)10-11-21/h12-13,21H,9-11H2,1-8H3. The zero-order chi connectivity index (χ0) is 16.5. The first-order valence-corrected chi connectivity index (χ1v) is 8.05. The Morgan fingerprint density at radius 2 is 1.76 bits per heavy atom. The van der Waals surface area contributed by atoms with Crippen LogP contribution in [0.4, 0.5) is 0 Å². The molecule has 4 nitrogen and oxygen atoms in total. The predicted octanol–water partition coefficient (Wildman–Crippen LogP) is 3.75. The highest BCUT2D eigenvalue weighted by atomic mass is 16.3. The summed E-state index contributed by atoms with van der Waals surface area (Å²) >= 11 is 0. The average molecular weight is 295 g/mol. The van der Waals surface area contributed by atoms with Crippen LogP contribution >= 0.6 is 0 Å². The third kappa shape index (κ3) is 3.31. The van der Waals surface area contributed by atoms with Crippen LogP contribution in [0.25, 0.3) is 0 Å². The lowest BCUT2D eigenvalue weighted by atomic mass is 9.60. The molecule has 0 saturated carbocycles. The molecule has 0 aliphatic heterocycles. The molecule has 0 amide bonds. The fraction of sp³-hybridized carbons (Fsp3) is 0.882. The van der Waals surface area contributed by atoms with Crippen molar-refractivity contribution in [3.05, 3.63) is 11.9 Å². The Bertz CT molecular complexity index is 460. The molecule has 122 valence electrons. The van der Waals surface area contributed by atoms with E-state index in [1.165, 1.54) is 0 Å². The molecule has 0 radical (unpaired) electrons. The molecule has 0 aliphatic rings. The van der Waals surface area contributed by atoms with Crippen LogP contribution in [0, 0.1) is 11.3 Å². The molecular formula is C17H33N3O. The van der Waals surface area contributed by atoms with E-state index >= 15 is 0 Å². The number of aromatic nitrogens is 3. The smallest absolute Gasteiger partial charge is 0.0888 e. The SMILES string of the molecule is CCC(C)C(C)(C)C(C)(C)c1cn(C(C)(C)CCO)nn1. The van der Waals surface area contributed by atoms with Crippen molar-refractivity contribution in [1.82, 2.24) is 15.0 Å². The van der Waals surface area contributed by atoms with Gasteiger partial charge in [-0.05, 0) is 31.6 Å². The lowest BCUT2D eigenvalue weighted by Crippen LogP contribution is -2.41. The summed E-state index contributed by atoms with van der Waals surface area (Å²) in [6.07, 6.45) is 3.88. The molecule has 0 fully saturated rings. The van der Waals surface area contributed by atoms with Gasteiger partial charge in [0.25, 0.3) is 0 Å². The molecule has 1 atom stereocenters. The van der Waals surface area contributed by atoms with Crippen LogP contribution in [0.2, 0.25) is 0 Å². The molecular weight excluding hydrogens is 262 g/mol. The van der Waals surface area contributed by atoms with E-state index in [2.05, 4.69) is 71.9 Å². The number of nitrogens with zero attached hydrogens (tertiary/aromatic N) is 3. The molecule has 0 aromatic carbocycles. The Balaban J connectivity index is 3.14. The molecule has 0 saturated heterocycles. The van der Waals surface area contributed by atoms with E-state index in [1.807, 2.05) is 4.68 Å². The van der Waals surface area contributed by atoms with Crippen molar-refractivity contribution in [3.8, 4) is 0 Å². The third-order valence-electron chi connectivity index (χ3n) is 5.93. The van der Waals surface area contributed by atoms with E-state index in [4.69, 9.17) is 0 Å². The maximum absolute atomic E-state index is 9.20. The van der Waals surface area contributed by atoms with Crippen molar-refractivity contribution in [2.24, 2.45) is 11.3 Å². The van der Waals surface area contributed by atoms with Gasteiger partial charge in [0.1, 0.15) is 0 Å². The normalized spacial score (nSPS) is 15.3. The summed E-state index contributed by atoms with van der Waals surface area (Å²) in [4.78, 5) is 0. The van der Waals surface area contributed by atoms with Crippen LogP contribution in [0.1, 0.15) is 73.9 Å². The summed E-state index contributed by atoms with van der Waals surface area (Å²) in [6.45, 7) is 18.0. The van der Waals surface area contributed by atoms with Gasteiger partial charge in [-0.25, -0.2) is 4.68 Å². The fourth-order valence-corrected chi connectivity index (χ4v) is 2.69. The monoisotopic (exact) mass is 295 g/mol. The Hall–Kier alpha value is -0.900. The van der Waals surface area contributed by atoms with E-state index in [-0.39, 0.29) is 23.0 Å². The van der Waals surface area contributed by atoms with Crippen LogP contribution in [0.5, 0.6) is 0 Å². The molecule has 1 rings (SSSR count). The van der Waals surface area contributed by atoms with E-state index in [0.29, 0.717) is 12.3 Å². The summed E-state index contributed by atoms with van der Waals surface area (Å²) in [5.74, 6) is 0.600. The van der Waals surface area contributed by atoms with Gasteiger partial charge in [0.05, 0.1) is 11.2 Å². The van der Waals surface area contributed by atoms with Crippen LogP contribution in [0.3, 0.4) is 0 Å². The van der Waals surface area contributed by atoms with Crippen molar-refractivity contribution in [3.63, 3.8) is 0 Å². The van der Waals surface area contributed by atoms with Crippen molar-refractivity contribution in [1.29, 1.82) is 0 Å². The lowest BCUT2D eigenvalue weighted by Gasteiger charge is -2.44. The van der Waals surface area contributed by atoms with Gasteiger partial charge in [-0.2, -0.15) is 0 Å². The van der Waals surface area contributed by atoms with Crippen molar-refractivity contribution < 1.29 is 5.11 Å². The average Bonchev–Trinajstić information content (AvgIpc) is 2.88. The van der Waals surface area contributed by atoms with Gasteiger partial charge in [0, 0.05) is 18.2 Å². The van der Waals surface area contributed by atoms with Gasteiger partial charge in [-0.15, -0.1) is 5.10 Å². The maximum atomic E-state index is 9.20. The minimum absolute atomic E-state index is 0.0596. The number of rotatable bonds is 7. The third-order valence-corrected chi connectivity index (χ3v) is 5.93. The first-order chi connectivity index (χ1) is 9.50. The van der Waals surface area contributed by atoms with Gasteiger partial charge in [0.15, 0.2) is 0 Å². The van der Waals surface area contributed by atoms with Crippen molar-refractivity contribution in [2.75, 3.05) is 6.61 Å². The predicted molar refractivity (Wildman–Crippen MR) is 87.3 cm³/mol. The number of hydrogen-bond donors (Lipinski definition) is 1. The molecule has 0 aliphatic carbocycles. The summed E-state index contributed by atoms with van der Waals surface area (Å²) in [5.41, 5.74) is 0.884. The van der Waals surface area contributed by atoms with Gasteiger partial charge in [0.2, 0.25) is 0 Å². The quantitative estimate of drug-likeness (QED) is 0.833. The molecule has 1 aromatic heterocycles. The Labute approximate surface area is 129 Å². The molecule has 21 heavy (non-hydrogen) atoms. The zero-order valence-corrected chi connectivity index (χ0v) is 15.1. The summed E-state index contributed by atoms with van der Waals surface area (Å²) in [7, 11) is 0. The van der Waals surface area contributed by atoms with Crippen LogP contribution in [-0.4, -0.2) is 26.7 Å². The second-order valence-corrected chi connectivity index (χ2v) is 7.99. The van der Waals surface area contributed by atoms with Gasteiger partial charge in [-0.1, -0.05) is 53.2 Å². The summed E-state index contributed by atoms with van der Waals surface area (Å²) in [5, 5.41) is 18.0. The van der Waals surface area contributed by atoms with Crippen molar-refractivity contribution in [2.45, 2.75) is 79.2 Å². The fourth-order valence-electron chi connectivity index (χ4n) is 2.69. The Morgan fingerprint density at radius 1 is 1.19 bits per heavy atom. The molecule has 0 bridgehead atoms. The van der Waals surface area contributed by atoms with Gasteiger partial charge >= 0.3 is 0 Å². The number of aliphatic hydroxyl groups excluding tert-OH is 1. The molecule has 1 aromatic rings. The summed E-state index contributed by atoms with van der Waals surface area (Å²) < 4.78 is 1.90. The maximum Gasteiger partial charge on any atom is 0.0888 e. The molecule has 4 heteroatoms. The number of aliphatic hydroxyl groups is 1. The Morgan fingerprint density at radius 3 is 2.24 bits per heavy atom. The highest BCUT2D eigenvalue weighted by Gasteiger charge is 2.43. The molecule has 1 unspecified atom stereocenters.